The zero-order chi connectivity index (χ0) is 16.2. The zero-order valence-corrected chi connectivity index (χ0v) is 13.8. The Morgan fingerprint density at radius 3 is 1.90 bits per heavy atom. The van der Waals surface area contributed by atoms with Crippen LogP contribution in [0.4, 0.5) is 0 Å². The summed E-state index contributed by atoms with van der Waals surface area (Å²) in [5.74, 6) is -0.411. The number of rotatable bonds is 4. The highest BCUT2D eigenvalue weighted by Crippen LogP contribution is 2.22. The molecule has 0 aliphatic heterocycles. The second-order valence-corrected chi connectivity index (χ2v) is 6.69. The third kappa shape index (κ3) is 5.21. The number of nitrogens with one attached hydrogen (secondary N) is 2. The van der Waals surface area contributed by atoms with Crippen LogP contribution in [0.2, 0.25) is 0 Å². The molecular formula is C17H26N2O2. The van der Waals surface area contributed by atoms with Gasteiger partial charge in [0.2, 0.25) is 5.91 Å². The van der Waals surface area contributed by atoms with Gasteiger partial charge in [-0.2, -0.15) is 0 Å². The molecule has 0 aromatic heterocycles. The first-order valence-corrected chi connectivity index (χ1v) is 7.33. The van der Waals surface area contributed by atoms with E-state index in [1.165, 1.54) is 5.56 Å². The second-order valence-electron chi connectivity index (χ2n) is 6.69. The number of carbonyl (C=O) groups is 2. The van der Waals surface area contributed by atoms with Crippen LogP contribution in [0.1, 0.15) is 57.5 Å². The van der Waals surface area contributed by atoms with Crippen molar-refractivity contribution < 1.29 is 9.59 Å². The van der Waals surface area contributed by atoms with Crippen LogP contribution in [0.5, 0.6) is 0 Å². The van der Waals surface area contributed by atoms with Gasteiger partial charge < -0.3 is 10.6 Å². The lowest BCUT2D eigenvalue weighted by molar-refractivity contribution is -0.123. The van der Waals surface area contributed by atoms with Crippen molar-refractivity contribution in [1.82, 2.24) is 10.6 Å². The third-order valence-electron chi connectivity index (χ3n) is 3.18. The van der Waals surface area contributed by atoms with Gasteiger partial charge in [0.1, 0.15) is 6.04 Å². The Labute approximate surface area is 127 Å². The molecule has 4 nitrogen and oxygen atoms in total. The Bertz CT molecular complexity index is 499. The standard InChI is InChI=1S/C17H26N2O2/c1-11(2)18-15(20)12(3)19-16(21)13-7-9-14(10-8-13)17(4,5)6/h7-12H,1-6H3,(H,18,20)(H,19,21)/t12-/m1/s1. The molecule has 1 atom stereocenters. The quantitative estimate of drug-likeness (QED) is 0.895. The van der Waals surface area contributed by atoms with Crippen LogP contribution in [0.3, 0.4) is 0 Å². The zero-order valence-electron chi connectivity index (χ0n) is 13.8. The minimum absolute atomic E-state index is 0.0550. The highest BCUT2D eigenvalue weighted by molar-refractivity contribution is 5.97. The van der Waals surface area contributed by atoms with E-state index in [1.807, 2.05) is 26.0 Å². The molecule has 0 saturated heterocycles. The molecule has 0 fully saturated rings. The van der Waals surface area contributed by atoms with E-state index in [2.05, 4.69) is 31.4 Å². The van der Waals surface area contributed by atoms with Crippen molar-refractivity contribution >= 4 is 11.8 Å². The smallest absolute Gasteiger partial charge is 0.251 e. The molecule has 1 aromatic rings. The van der Waals surface area contributed by atoms with Crippen LogP contribution < -0.4 is 10.6 Å². The first kappa shape index (κ1) is 17.2. The molecule has 2 N–H and O–H groups in total. The van der Waals surface area contributed by atoms with Gasteiger partial charge in [-0.05, 0) is 43.9 Å². The minimum Gasteiger partial charge on any atom is -0.352 e. The molecule has 2 amide bonds. The summed E-state index contributed by atoms with van der Waals surface area (Å²) in [4.78, 5) is 23.9. The monoisotopic (exact) mass is 290 g/mol. The van der Waals surface area contributed by atoms with Crippen molar-refractivity contribution in [2.75, 3.05) is 0 Å². The number of amides is 2. The van der Waals surface area contributed by atoms with E-state index >= 15 is 0 Å². The molecule has 0 spiro atoms. The van der Waals surface area contributed by atoms with Crippen molar-refractivity contribution in [1.29, 1.82) is 0 Å². The molecule has 0 heterocycles. The fraction of sp³-hybridized carbons (Fsp3) is 0.529. The van der Waals surface area contributed by atoms with E-state index in [1.54, 1.807) is 19.1 Å². The molecule has 0 saturated carbocycles. The first-order chi connectivity index (χ1) is 9.61. The van der Waals surface area contributed by atoms with E-state index in [4.69, 9.17) is 0 Å². The number of hydrogen-bond donors (Lipinski definition) is 2. The van der Waals surface area contributed by atoms with Gasteiger partial charge in [-0.3, -0.25) is 9.59 Å². The SMILES string of the molecule is CC(C)NC(=O)[C@@H](C)NC(=O)c1ccc(C(C)(C)C)cc1. The summed E-state index contributed by atoms with van der Waals surface area (Å²) in [6.07, 6.45) is 0. The van der Waals surface area contributed by atoms with Crippen LogP contribution in [0.25, 0.3) is 0 Å². The molecule has 116 valence electrons. The number of hydrogen-bond acceptors (Lipinski definition) is 2. The largest absolute Gasteiger partial charge is 0.352 e. The Morgan fingerprint density at radius 1 is 0.952 bits per heavy atom. The average molecular weight is 290 g/mol. The summed E-state index contributed by atoms with van der Waals surface area (Å²) in [7, 11) is 0. The lowest BCUT2D eigenvalue weighted by Crippen LogP contribution is -2.46. The van der Waals surface area contributed by atoms with Gasteiger partial charge in [0.25, 0.3) is 5.91 Å². The normalized spacial score (nSPS) is 12.9. The molecule has 0 aliphatic rings. The fourth-order valence-corrected chi connectivity index (χ4v) is 1.88. The predicted octanol–water partition coefficient (Wildman–Crippen LogP) is 2.63. The first-order valence-electron chi connectivity index (χ1n) is 7.33. The summed E-state index contributed by atoms with van der Waals surface area (Å²) >= 11 is 0. The predicted molar refractivity (Wildman–Crippen MR) is 85.3 cm³/mol. The van der Waals surface area contributed by atoms with Crippen LogP contribution >= 0.6 is 0 Å². The van der Waals surface area contributed by atoms with E-state index in [-0.39, 0.29) is 23.3 Å². The lowest BCUT2D eigenvalue weighted by Gasteiger charge is -2.19. The van der Waals surface area contributed by atoms with E-state index in [0.29, 0.717) is 5.56 Å². The lowest BCUT2D eigenvalue weighted by atomic mass is 9.86. The van der Waals surface area contributed by atoms with Crippen molar-refractivity contribution in [2.45, 2.75) is 59.0 Å². The summed E-state index contributed by atoms with van der Waals surface area (Å²) in [5.41, 5.74) is 1.79. The van der Waals surface area contributed by atoms with Crippen molar-refractivity contribution in [3.05, 3.63) is 35.4 Å². The van der Waals surface area contributed by atoms with Crippen molar-refractivity contribution in [3.8, 4) is 0 Å². The second kappa shape index (κ2) is 6.74. The highest BCUT2D eigenvalue weighted by Gasteiger charge is 2.18. The van der Waals surface area contributed by atoms with Crippen LogP contribution in [-0.2, 0) is 10.2 Å². The topological polar surface area (TPSA) is 58.2 Å². The van der Waals surface area contributed by atoms with Gasteiger partial charge in [-0.1, -0.05) is 32.9 Å². The molecular weight excluding hydrogens is 264 g/mol. The van der Waals surface area contributed by atoms with Crippen molar-refractivity contribution in [2.24, 2.45) is 0 Å². The number of benzene rings is 1. The van der Waals surface area contributed by atoms with E-state index < -0.39 is 6.04 Å². The van der Waals surface area contributed by atoms with Gasteiger partial charge in [0.15, 0.2) is 0 Å². The Morgan fingerprint density at radius 2 is 1.48 bits per heavy atom. The van der Waals surface area contributed by atoms with E-state index in [0.717, 1.165) is 0 Å². The molecule has 1 rings (SSSR count). The average Bonchev–Trinajstić information content (AvgIpc) is 2.36. The Hall–Kier alpha value is -1.84. The third-order valence-corrected chi connectivity index (χ3v) is 3.18. The van der Waals surface area contributed by atoms with Crippen molar-refractivity contribution in [3.63, 3.8) is 0 Å². The van der Waals surface area contributed by atoms with Gasteiger partial charge in [-0.15, -0.1) is 0 Å². The summed E-state index contributed by atoms with van der Waals surface area (Å²) in [6, 6.07) is 7.00. The molecule has 0 unspecified atom stereocenters. The van der Waals surface area contributed by atoms with Crippen LogP contribution in [0, 0.1) is 0 Å². The molecule has 0 bridgehead atoms. The van der Waals surface area contributed by atoms with Gasteiger partial charge in [-0.25, -0.2) is 0 Å². The van der Waals surface area contributed by atoms with Gasteiger partial charge in [0, 0.05) is 11.6 Å². The summed E-state index contributed by atoms with van der Waals surface area (Å²) in [6.45, 7) is 11.8. The number of carbonyl (C=O) groups excluding carboxylic acids is 2. The maximum Gasteiger partial charge on any atom is 0.251 e. The molecule has 4 heteroatoms. The summed E-state index contributed by atoms with van der Waals surface area (Å²) in [5, 5.41) is 5.48. The minimum atomic E-state index is -0.554. The highest BCUT2D eigenvalue weighted by atomic mass is 16.2. The molecule has 1 aromatic carbocycles. The Kier molecular flexibility index (Phi) is 5.53. The fourth-order valence-electron chi connectivity index (χ4n) is 1.88. The Balaban J connectivity index is 2.70. The molecule has 0 radical (unpaired) electrons. The summed E-state index contributed by atoms with van der Waals surface area (Å²) < 4.78 is 0. The van der Waals surface area contributed by atoms with Gasteiger partial charge >= 0.3 is 0 Å². The maximum absolute atomic E-state index is 12.1. The van der Waals surface area contributed by atoms with Crippen LogP contribution in [-0.4, -0.2) is 23.9 Å². The van der Waals surface area contributed by atoms with Gasteiger partial charge in [0.05, 0.1) is 0 Å². The molecule has 0 aliphatic carbocycles. The van der Waals surface area contributed by atoms with E-state index in [9.17, 15) is 9.59 Å². The molecule has 21 heavy (non-hydrogen) atoms. The maximum atomic E-state index is 12.1. The van der Waals surface area contributed by atoms with Crippen LogP contribution in [0.15, 0.2) is 24.3 Å².